The molecule has 36 heavy (non-hydrogen) atoms. The Labute approximate surface area is 214 Å². The van der Waals surface area contributed by atoms with Gasteiger partial charge in [0.2, 0.25) is 11.9 Å². The van der Waals surface area contributed by atoms with Gasteiger partial charge in [-0.1, -0.05) is 13.2 Å². The van der Waals surface area contributed by atoms with Gasteiger partial charge < -0.3 is 19.8 Å². The van der Waals surface area contributed by atoms with Crippen molar-refractivity contribution in [1.29, 1.82) is 0 Å². The highest BCUT2D eigenvalue weighted by Gasteiger charge is 2.13. The van der Waals surface area contributed by atoms with Gasteiger partial charge in [-0.3, -0.25) is 14.8 Å². The summed E-state index contributed by atoms with van der Waals surface area (Å²) < 4.78 is 26.9. The normalized spacial score (nSPS) is 10.2. The van der Waals surface area contributed by atoms with Crippen LogP contribution in [-0.2, 0) is 24.2 Å². The third-order valence-electron chi connectivity index (χ3n) is 3.85. The first kappa shape index (κ1) is 32.8. The van der Waals surface area contributed by atoms with Gasteiger partial charge in [0, 0.05) is 31.5 Å². The van der Waals surface area contributed by atoms with Crippen molar-refractivity contribution in [3.8, 4) is 6.01 Å². The lowest BCUT2D eigenvalue weighted by atomic mass is 10.3. The highest BCUT2D eigenvalue weighted by atomic mass is 32.2. The van der Waals surface area contributed by atoms with Gasteiger partial charge in [0.25, 0.3) is 5.95 Å². The molecule has 0 saturated heterocycles. The van der Waals surface area contributed by atoms with Crippen LogP contribution < -0.4 is 31.9 Å². The van der Waals surface area contributed by atoms with Gasteiger partial charge in [-0.15, -0.1) is 12.6 Å². The summed E-state index contributed by atoms with van der Waals surface area (Å²) in [5, 5.41) is 11.8. The number of amides is 2. The lowest BCUT2D eigenvalue weighted by Crippen LogP contribution is -2.30. The Morgan fingerprint density at radius 1 is 1.25 bits per heavy atom. The maximum Gasteiger partial charge on any atom is 0.436 e. The van der Waals surface area contributed by atoms with Crippen LogP contribution in [0.4, 0.5) is 16.7 Å². The summed E-state index contributed by atoms with van der Waals surface area (Å²) in [7, 11) is -3.56. The van der Waals surface area contributed by atoms with E-state index in [0.29, 0.717) is 18.8 Å². The molecule has 6 N–H and O–H groups in total. The monoisotopic (exact) mass is 552 g/mol. The lowest BCUT2D eigenvalue weighted by Gasteiger charge is -2.18. The van der Waals surface area contributed by atoms with Crippen molar-refractivity contribution in [2.24, 2.45) is 5.90 Å². The van der Waals surface area contributed by atoms with Crippen molar-refractivity contribution in [2.45, 2.75) is 26.7 Å². The number of thiol groups is 1. The van der Waals surface area contributed by atoms with Crippen LogP contribution >= 0.6 is 12.6 Å². The van der Waals surface area contributed by atoms with Crippen molar-refractivity contribution in [3.63, 3.8) is 0 Å². The first-order valence-corrected chi connectivity index (χ1v) is 12.7. The highest BCUT2D eigenvalue weighted by molar-refractivity contribution is 7.94. The van der Waals surface area contributed by atoms with Crippen LogP contribution in [0, 0.1) is 0 Å². The number of aromatic nitrogens is 3. The number of nitrogens with one attached hydrogen (secondary N) is 3. The van der Waals surface area contributed by atoms with Gasteiger partial charge in [0.15, 0.2) is 9.84 Å². The second-order valence-electron chi connectivity index (χ2n) is 6.37. The van der Waals surface area contributed by atoms with E-state index < -0.39 is 27.6 Å². The lowest BCUT2D eigenvalue weighted by molar-refractivity contribution is -0.118. The zero-order valence-electron chi connectivity index (χ0n) is 20.0. The summed E-state index contributed by atoms with van der Waals surface area (Å²) in [4.78, 5) is 44.6. The molecule has 1 aromatic heterocycles. The molecule has 204 valence electrons. The third-order valence-corrected chi connectivity index (χ3v) is 5.15. The topological polar surface area (TPSA) is 220 Å². The number of nitrogens with two attached hydrogens (primary N) is 1. The summed E-state index contributed by atoms with van der Waals surface area (Å²) in [5.41, 5.74) is 3.78. The van der Waals surface area contributed by atoms with Crippen LogP contribution in [0.25, 0.3) is 0 Å². The van der Waals surface area contributed by atoms with Crippen molar-refractivity contribution >= 4 is 46.4 Å². The summed E-state index contributed by atoms with van der Waals surface area (Å²) in [6.07, 6.45) is -0.0856. The number of nitrogens with zero attached hydrogens (tertiary/aromatic N) is 4. The van der Waals surface area contributed by atoms with Gasteiger partial charge in [0.05, 0.1) is 0 Å². The maximum absolute atomic E-state index is 11.3. The molecule has 0 radical (unpaired) electrons. The molecule has 0 aromatic carbocycles. The van der Waals surface area contributed by atoms with Crippen LogP contribution in [0.1, 0.15) is 26.7 Å². The second kappa shape index (κ2) is 18.1. The van der Waals surface area contributed by atoms with E-state index in [4.69, 9.17) is 15.8 Å². The molecule has 0 atom stereocenters. The number of anilines is 2. The van der Waals surface area contributed by atoms with Crippen LogP contribution in [-0.4, -0.2) is 71.9 Å². The number of sulfone groups is 1. The number of carbonyl (C=O) groups excluding carboxylic acids is 2. The molecule has 16 nitrogen and oxygen atoms in total. The Hall–Kier alpha value is -3.19. The number of ether oxygens (including phenoxy) is 1. The zero-order chi connectivity index (χ0) is 27.6. The Bertz CT molecular complexity index is 938. The number of rotatable bonds is 15. The second-order valence-corrected chi connectivity index (χ2v) is 8.58. The number of hydroxylamine groups is 1. The van der Waals surface area contributed by atoms with Crippen molar-refractivity contribution in [3.05, 3.63) is 24.3 Å². The number of hydrogen-bond acceptors (Lipinski definition) is 15. The van der Waals surface area contributed by atoms with E-state index in [1.807, 2.05) is 29.7 Å². The SMILES string of the molecule is C=CS(=O)(=O)CC(=O)NCCCC(=C)OC(=O)NOCS.CCN(CC)c1nc(NO)nc(ON)n1. The quantitative estimate of drug-likeness (QED) is 0.0565. The minimum atomic E-state index is -3.56. The van der Waals surface area contributed by atoms with Crippen LogP contribution in [0.2, 0.25) is 0 Å². The van der Waals surface area contributed by atoms with E-state index in [2.05, 4.69) is 55.7 Å². The fourth-order valence-corrected chi connectivity index (χ4v) is 2.85. The largest absolute Gasteiger partial charge is 0.436 e. The standard InChI is InChI=1S/C11H18N2O6S2.C7H14N6O2/c1-3-21(16,17)7-10(14)12-6-4-5-9(2)19-11(15)13-18-8-20;1-3-13(4-2)6-9-5(12-14)10-7(11-6)15-8/h3,20H,1-2,4-8H2,(H,12,14)(H,13,15);14H,3-4,8H2,1-2H3,(H,9,10,11,12). The fraction of sp³-hybridized carbons (Fsp3) is 0.500. The fourth-order valence-electron chi connectivity index (χ4n) is 2.20. The number of allylic oxidation sites excluding steroid dienone is 1. The average molecular weight is 553 g/mol. The van der Waals surface area contributed by atoms with Crippen molar-refractivity contribution in [2.75, 3.05) is 41.7 Å². The summed E-state index contributed by atoms with van der Waals surface area (Å²) >= 11 is 3.71. The summed E-state index contributed by atoms with van der Waals surface area (Å²) in [5.74, 6) is 4.25. The molecular formula is C18H32N8O8S2. The molecule has 18 heteroatoms. The predicted molar refractivity (Wildman–Crippen MR) is 134 cm³/mol. The predicted octanol–water partition coefficient (Wildman–Crippen LogP) is 0.271. The molecule has 0 aliphatic rings. The van der Waals surface area contributed by atoms with Crippen molar-refractivity contribution < 1.29 is 37.6 Å². The van der Waals surface area contributed by atoms with Gasteiger partial charge in [0.1, 0.15) is 17.5 Å². The smallest absolute Gasteiger partial charge is 0.414 e. The first-order valence-electron chi connectivity index (χ1n) is 10.3. The molecule has 0 aliphatic carbocycles. The van der Waals surface area contributed by atoms with Gasteiger partial charge in [-0.25, -0.2) is 18.7 Å². The minimum Gasteiger partial charge on any atom is -0.414 e. The third kappa shape index (κ3) is 14.3. The van der Waals surface area contributed by atoms with E-state index in [1.165, 1.54) is 0 Å². The summed E-state index contributed by atoms with van der Waals surface area (Å²) in [6, 6.07) is -0.0524. The van der Waals surface area contributed by atoms with Crippen LogP contribution in [0.15, 0.2) is 24.3 Å². The molecule has 2 amide bonds. The molecule has 0 bridgehead atoms. The molecule has 0 saturated carbocycles. The van der Waals surface area contributed by atoms with E-state index in [0.717, 1.165) is 18.5 Å². The molecule has 0 unspecified atom stereocenters. The van der Waals surface area contributed by atoms with E-state index in [-0.39, 0.29) is 30.2 Å². The zero-order valence-corrected chi connectivity index (χ0v) is 21.7. The van der Waals surface area contributed by atoms with E-state index in [9.17, 15) is 18.0 Å². The molecule has 0 spiro atoms. The van der Waals surface area contributed by atoms with Gasteiger partial charge in [-0.2, -0.15) is 26.3 Å². The van der Waals surface area contributed by atoms with Crippen LogP contribution in [0.5, 0.6) is 6.01 Å². The molecular weight excluding hydrogens is 520 g/mol. The van der Waals surface area contributed by atoms with E-state index >= 15 is 0 Å². The first-order chi connectivity index (χ1) is 17.0. The minimum absolute atomic E-state index is 0.00121. The van der Waals surface area contributed by atoms with Crippen LogP contribution in [0.3, 0.4) is 0 Å². The Morgan fingerprint density at radius 3 is 2.44 bits per heavy atom. The van der Waals surface area contributed by atoms with Gasteiger partial charge >= 0.3 is 12.1 Å². The Morgan fingerprint density at radius 2 is 1.92 bits per heavy atom. The van der Waals surface area contributed by atoms with Gasteiger partial charge in [-0.05, 0) is 20.3 Å². The molecule has 0 fully saturated rings. The number of carbonyl (C=O) groups is 2. The maximum atomic E-state index is 11.3. The molecule has 1 rings (SSSR count). The molecule has 1 aromatic rings. The highest BCUT2D eigenvalue weighted by Crippen LogP contribution is 2.13. The Balaban J connectivity index is 0.000000717. The van der Waals surface area contributed by atoms with E-state index in [1.54, 1.807) is 0 Å². The Kier molecular flexibility index (Phi) is 16.5. The summed E-state index contributed by atoms with van der Waals surface area (Å²) in [6.45, 7) is 12.2. The van der Waals surface area contributed by atoms with Crippen molar-refractivity contribution in [1.82, 2.24) is 25.7 Å². The molecule has 0 aliphatic heterocycles. The average Bonchev–Trinajstić information content (AvgIpc) is 2.86. The molecule has 1 heterocycles. The number of hydrogen-bond donors (Lipinski definition) is 6.